The normalized spacial score (nSPS) is 12.0. The van der Waals surface area contributed by atoms with Crippen LogP contribution in [0.1, 0.15) is 13.3 Å². The minimum Gasteiger partial charge on any atom is -0.309 e. The highest BCUT2D eigenvalue weighted by Gasteiger charge is 2.20. The van der Waals surface area contributed by atoms with Crippen molar-refractivity contribution in [3.63, 3.8) is 0 Å². The molecule has 0 aromatic carbocycles. The Labute approximate surface area is 89.6 Å². The predicted octanol–water partition coefficient (Wildman–Crippen LogP) is 2.57. The predicted molar refractivity (Wildman–Crippen MR) is 60.8 cm³/mol. The molecule has 0 aliphatic carbocycles. The number of thioether (sulfide) groups is 1. The zero-order valence-corrected chi connectivity index (χ0v) is 10.0. The Morgan fingerprint density at radius 1 is 1.33 bits per heavy atom. The number of alkyl halides is 2. The Morgan fingerprint density at radius 3 is 2.33 bits per heavy atom. The zero-order valence-electron chi connectivity index (χ0n) is 7.70. The molecular formula is C8H17Cl2NS. The van der Waals surface area contributed by atoms with E-state index in [2.05, 4.69) is 11.6 Å². The summed E-state index contributed by atoms with van der Waals surface area (Å²) in [6.07, 6.45) is 3.28. The Balaban J connectivity index is 3.45. The van der Waals surface area contributed by atoms with Gasteiger partial charge in [0.25, 0.3) is 0 Å². The molecule has 0 rings (SSSR count). The third kappa shape index (κ3) is 5.52. The highest BCUT2D eigenvalue weighted by molar-refractivity contribution is 7.98. The first-order valence-corrected chi connectivity index (χ1v) is 6.50. The molecule has 0 amide bonds. The molecule has 74 valence electrons. The lowest BCUT2D eigenvalue weighted by atomic mass is 10.1. The van der Waals surface area contributed by atoms with E-state index in [0.29, 0.717) is 11.8 Å². The summed E-state index contributed by atoms with van der Waals surface area (Å²) in [4.78, 5) is 0. The van der Waals surface area contributed by atoms with Crippen LogP contribution in [0.3, 0.4) is 0 Å². The molecule has 0 fully saturated rings. The maximum absolute atomic E-state index is 5.77. The minimum absolute atomic E-state index is 0.0957. The second kappa shape index (κ2) is 7.31. The summed E-state index contributed by atoms with van der Waals surface area (Å²) >= 11 is 13.4. The van der Waals surface area contributed by atoms with Crippen molar-refractivity contribution in [3.8, 4) is 0 Å². The molecule has 0 aliphatic rings. The van der Waals surface area contributed by atoms with Crippen LogP contribution in [0.5, 0.6) is 0 Å². The van der Waals surface area contributed by atoms with E-state index in [4.69, 9.17) is 23.2 Å². The first kappa shape index (κ1) is 12.9. The third-order valence-corrected chi connectivity index (χ3v) is 3.54. The molecule has 0 spiro atoms. The molecule has 0 saturated heterocycles. The zero-order chi connectivity index (χ0) is 9.45. The van der Waals surface area contributed by atoms with Crippen LogP contribution in [-0.2, 0) is 0 Å². The van der Waals surface area contributed by atoms with Gasteiger partial charge in [0.05, 0.1) is 0 Å². The van der Waals surface area contributed by atoms with Crippen LogP contribution in [-0.4, -0.2) is 35.9 Å². The SMILES string of the molecule is CSCCCNC(C)(CCl)CCl. The molecule has 0 saturated carbocycles. The first-order chi connectivity index (χ1) is 5.68. The highest BCUT2D eigenvalue weighted by Crippen LogP contribution is 2.08. The van der Waals surface area contributed by atoms with E-state index in [1.54, 1.807) is 0 Å². The van der Waals surface area contributed by atoms with Crippen molar-refractivity contribution in [3.05, 3.63) is 0 Å². The van der Waals surface area contributed by atoms with Crippen LogP contribution >= 0.6 is 35.0 Å². The average molecular weight is 230 g/mol. The second-order valence-electron chi connectivity index (χ2n) is 3.10. The minimum atomic E-state index is -0.0957. The summed E-state index contributed by atoms with van der Waals surface area (Å²) in [6.45, 7) is 3.04. The molecule has 0 heterocycles. The number of hydrogen-bond acceptors (Lipinski definition) is 2. The van der Waals surface area contributed by atoms with Crippen LogP contribution < -0.4 is 5.32 Å². The molecular weight excluding hydrogens is 213 g/mol. The van der Waals surface area contributed by atoms with Gasteiger partial charge in [-0.25, -0.2) is 0 Å². The van der Waals surface area contributed by atoms with Crippen molar-refractivity contribution >= 4 is 35.0 Å². The van der Waals surface area contributed by atoms with E-state index in [1.165, 1.54) is 12.2 Å². The van der Waals surface area contributed by atoms with Crippen molar-refractivity contribution in [1.29, 1.82) is 0 Å². The summed E-state index contributed by atoms with van der Waals surface area (Å²) in [7, 11) is 0. The fourth-order valence-corrected chi connectivity index (χ4v) is 1.64. The molecule has 0 unspecified atom stereocenters. The van der Waals surface area contributed by atoms with Crippen molar-refractivity contribution in [2.75, 3.05) is 30.3 Å². The van der Waals surface area contributed by atoms with E-state index in [9.17, 15) is 0 Å². The fraction of sp³-hybridized carbons (Fsp3) is 1.00. The van der Waals surface area contributed by atoms with Gasteiger partial charge in [-0.2, -0.15) is 11.8 Å². The van der Waals surface area contributed by atoms with Gasteiger partial charge >= 0.3 is 0 Å². The van der Waals surface area contributed by atoms with Crippen LogP contribution in [0.15, 0.2) is 0 Å². The quantitative estimate of drug-likeness (QED) is 0.533. The van der Waals surface area contributed by atoms with Crippen molar-refractivity contribution in [2.24, 2.45) is 0 Å². The van der Waals surface area contributed by atoms with Gasteiger partial charge in [-0.05, 0) is 31.9 Å². The van der Waals surface area contributed by atoms with Crippen LogP contribution in [0.4, 0.5) is 0 Å². The lowest BCUT2D eigenvalue weighted by Crippen LogP contribution is -2.46. The van der Waals surface area contributed by atoms with Gasteiger partial charge in [-0.15, -0.1) is 23.2 Å². The van der Waals surface area contributed by atoms with Gasteiger partial charge in [0.1, 0.15) is 0 Å². The Morgan fingerprint density at radius 2 is 1.92 bits per heavy atom. The van der Waals surface area contributed by atoms with E-state index in [1.807, 2.05) is 18.7 Å². The van der Waals surface area contributed by atoms with Crippen LogP contribution in [0, 0.1) is 0 Å². The number of halogens is 2. The van der Waals surface area contributed by atoms with Crippen LogP contribution in [0.25, 0.3) is 0 Å². The monoisotopic (exact) mass is 229 g/mol. The molecule has 1 N–H and O–H groups in total. The second-order valence-corrected chi connectivity index (χ2v) is 4.62. The third-order valence-electron chi connectivity index (χ3n) is 1.67. The lowest BCUT2D eigenvalue weighted by Gasteiger charge is -2.25. The topological polar surface area (TPSA) is 12.0 Å². The Bertz CT molecular complexity index is 107. The summed E-state index contributed by atoms with van der Waals surface area (Å²) < 4.78 is 0. The highest BCUT2D eigenvalue weighted by atomic mass is 35.5. The van der Waals surface area contributed by atoms with Gasteiger partial charge in [0.15, 0.2) is 0 Å². The Hall–Kier alpha value is 0.890. The summed E-state index contributed by atoms with van der Waals surface area (Å²) in [5.41, 5.74) is -0.0957. The standard InChI is InChI=1S/C8H17Cl2NS/c1-8(6-9,7-10)11-4-3-5-12-2/h11H,3-7H2,1-2H3. The molecule has 0 bridgehead atoms. The summed E-state index contributed by atoms with van der Waals surface area (Å²) in [6, 6.07) is 0. The van der Waals surface area contributed by atoms with Gasteiger partial charge in [0, 0.05) is 17.3 Å². The molecule has 0 aliphatic heterocycles. The van der Waals surface area contributed by atoms with Crippen LogP contribution in [0.2, 0.25) is 0 Å². The smallest absolute Gasteiger partial charge is 0.0425 e. The van der Waals surface area contributed by atoms with E-state index < -0.39 is 0 Å². The largest absolute Gasteiger partial charge is 0.309 e. The van der Waals surface area contributed by atoms with Crippen molar-refractivity contribution < 1.29 is 0 Å². The summed E-state index contributed by atoms with van der Waals surface area (Å²) in [5.74, 6) is 2.32. The first-order valence-electron chi connectivity index (χ1n) is 4.04. The molecule has 0 aromatic heterocycles. The number of nitrogens with one attached hydrogen (secondary N) is 1. The molecule has 0 atom stereocenters. The van der Waals surface area contributed by atoms with Gasteiger partial charge < -0.3 is 5.32 Å². The molecule has 1 nitrogen and oxygen atoms in total. The van der Waals surface area contributed by atoms with Crippen molar-refractivity contribution in [2.45, 2.75) is 18.9 Å². The van der Waals surface area contributed by atoms with E-state index >= 15 is 0 Å². The summed E-state index contributed by atoms with van der Waals surface area (Å²) in [5, 5.41) is 3.35. The van der Waals surface area contributed by atoms with E-state index in [0.717, 1.165) is 6.54 Å². The van der Waals surface area contributed by atoms with E-state index in [-0.39, 0.29) is 5.54 Å². The van der Waals surface area contributed by atoms with Gasteiger partial charge in [-0.1, -0.05) is 0 Å². The molecule has 12 heavy (non-hydrogen) atoms. The number of rotatable bonds is 7. The maximum Gasteiger partial charge on any atom is 0.0425 e. The molecule has 0 aromatic rings. The molecule has 4 heteroatoms. The fourth-order valence-electron chi connectivity index (χ4n) is 0.737. The Kier molecular flexibility index (Phi) is 7.85. The lowest BCUT2D eigenvalue weighted by molar-refractivity contribution is 0.438. The van der Waals surface area contributed by atoms with Crippen molar-refractivity contribution in [1.82, 2.24) is 5.32 Å². The maximum atomic E-state index is 5.77. The molecule has 0 radical (unpaired) electrons. The average Bonchev–Trinajstić information content (AvgIpc) is 2.12. The number of hydrogen-bond donors (Lipinski definition) is 1. The van der Waals surface area contributed by atoms with Gasteiger partial charge in [0.2, 0.25) is 0 Å². The van der Waals surface area contributed by atoms with Gasteiger partial charge in [-0.3, -0.25) is 0 Å².